The van der Waals surface area contributed by atoms with Gasteiger partial charge in [0.1, 0.15) is 49.3 Å². The highest BCUT2D eigenvalue weighted by Gasteiger charge is 2.47. The van der Waals surface area contributed by atoms with Gasteiger partial charge < -0.3 is 59.4 Å². The van der Waals surface area contributed by atoms with Gasteiger partial charge in [0.05, 0.1) is 25.9 Å². The topological polar surface area (TPSA) is 270 Å². The van der Waals surface area contributed by atoms with Gasteiger partial charge in [-0.3, -0.25) is 9.13 Å². The molecule has 0 aromatic carbocycles. The Morgan fingerprint density at radius 1 is 0.729 bits per heavy atom. The molecule has 24 heteroatoms. The SMILES string of the molecule is OCC1O[C@@H](n2cnc3c(NC/C=C/CNc4ncnc5c4ncn5[C@@H]4OC(CO)[C@@H](O)[C@H]4O[PH](O)=S)ncnc32)[C@H](O[PH](O)=S)[C@@H]1O. The highest BCUT2D eigenvalue weighted by Crippen LogP contribution is 2.39. The second-order valence-electron chi connectivity index (χ2n) is 10.5. The van der Waals surface area contributed by atoms with E-state index in [0.29, 0.717) is 47.1 Å². The lowest BCUT2D eigenvalue weighted by atomic mass is 10.1. The molecule has 2 fully saturated rings. The highest BCUT2D eigenvalue weighted by molar-refractivity contribution is 8.00. The molecule has 0 saturated carbocycles. The maximum atomic E-state index is 10.5. The zero-order chi connectivity index (χ0) is 33.9. The van der Waals surface area contributed by atoms with Gasteiger partial charge in [0, 0.05) is 13.1 Å². The number of nitrogens with one attached hydrogen (secondary N) is 2. The molecule has 0 radical (unpaired) electrons. The van der Waals surface area contributed by atoms with E-state index in [1.54, 1.807) is 0 Å². The number of hydrogen-bond donors (Lipinski definition) is 8. The van der Waals surface area contributed by atoms with Crippen LogP contribution in [0.25, 0.3) is 22.3 Å². The van der Waals surface area contributed by atoms with Crippen LogP contribution < -0.4 is 10.6 Å². The number of aliphatic hydroxyl groups is 4. The summed E-state index contributed by atoms with van der Waals surface area (Å²) in [6, 6.07) is 0. The molecule has 0 spiro atoms. The van der Waals surface area contributed by atoms with Crippen molar-refractivity contribution in [1.29, 1.82) is 0 Å². The van der Waals surface area contributed by atoms with Gasteiger partial charge in [-0.05, 0) is 23.6 Å². The summed E-state index contributed by atoms with van der Waals surface area (Å²) < 4.78 is 25.4. The third-order valence-electron chi connectivity index (χ3n) is 7.67. The molecule has 48 heavy (non-hydrogen) atoms. The predicted molar refractivity (Wildman–Crippen MR) is 176 cm³/mol. The monoisotopic (exact) mass is 746 g/mol. The Morgan fingerprint density at radius 3 is 1.52 bits per heavy atom. The Kier molecular flexibility index (Phi) is 11.3. The van der Waals surface area contributed by atoms with Gasteiger partial charge in [0.25, 0.3) is 0 Å². The van der Waals surface area contributed by atoms with Gasteiger partial charge >= 0.3 is 0 Å². The van der Waals surface area contributed by atoms with Crippen molar-refractivity contribution >= 4 is 71.9 Å². The number of nitrogens with zero attached hydrogens (tertiary/aromatic N) is 8. The average Bonchev–Trinajstić information content (AvgIpc) is 3.83. The molecule has 4 unspecified atom stereocenters. The van der Waals surface area contributed by atoms with Crippen LogP contribution in [0.4, 0.5) is 11.6 Å². The third kappa shape index (κ3) is 7.14. The maximum absolute atomic E-state index is 10.5. The highest BCUT2D eigenvalue weighted by atomic mass is 32.4. The third-order valence-corrected chi connectivity index (χ3v) is 9.19. The van der Waals surface area contributed by atoms with Crippen LogP contribution in [0, 0.1) is 0 Å². The molecule has 0 amide bonds. The fraction of sp³-hybridized carbons (Fsp3) is 0.500. The van der Waals surface area contributed by atoms with Gasteiger partial charge in [-0.25, -0.2) is 29.9 Å². The van der Waals surface area contributed by atoms with Crippen LogP contribution in [0.1, 0.15) is 12.5 Å². The Labute approximate surface area is 282 Å². The van der Waals surface area contributed by atoms with Gasteiger partial charge in [0.2, 0.25) is 0 Å². The maximum Gasteiger partial charge on any atom is 0.173 e. The molecular weight excluding hydrogens is 714 g/mol. The predicted octanol–water partition coefficient (Wildman–Crippen LogP) is -1.69. The Bertz CT molecular complexity index is 1690. The average molecular weight is 747 g/mol. The molecule has 0 bridgehead atoms. The summed E-state index contributed by atoms with van der Waals surface area (Å²) in [4.78, 5) is 45.3. The van der Waals surface area contributed by atoms with E-state index < -0.39 is 76.6 Å². The summed E-state index contributed by atoms with van der Waals surface area (Å²) in [5.74, 6) is 0.861. The van der Waals surface area contributed by atoms with Crippen LogP contribution in [0.5, 0.6) is 0 Å². The first-order valence-corrected chi connectivity index (χ1v) is 19.3. The lowest BCUT2D eigenvalue weighted by Gasteiger charge is -2.21. The van der Waals surface area contributed by atoms with Gasteiger partial charge in [0.15, 0.2) is 60.7 Å². The molecule has 2 aliphatic heterocycles. The first-order chi connectivity index (χ1) is 23.2. The number of ether oxygens (including phenoxy) is 2. The van der Waals surface area contributed by atoms with Crippen LogP contribution in [-0.4, -0.2) is 132 Å². The normalized spacial score (nSPS) is 28.9. The molecule has 4 aromatic rings. The summed E-state index contributed by atoms with van der Waals surface area (Å²) in [6.07, 6.45) is 0.934. The molecule has 6 heterocycles. The number of hydrogen-bond acceptors (Lipinski definition) is 18. The first-order valence-electron chi connectivity index (χ1n) is 14.4. The van der Waals surface area contributed by atoms with E-state index in [1.807, 2.05) is 12.2 Å². The number of rotatable bonds is 14. The van der Waals surface area contributed by atoms with Gasteiger partial charge in [-0.2, -0.15) is 0 Å². The lowest BCUT2D eigenvalue weighted by Crippen LogP contribution is -2.34. The van der Waals surface area contributed by atoms with Crippen molar-refractivity contribution in [3.8, 4) is 0 Å². The number of aliphatic hydroxyl groups excluding tert-OH is 4. The van der Waals surface area contributed by atoms with Crippen molar-refractivity contribution < 1.29 is 48.7 Å². The van der Waals surface area contributed by atoms with E-state index >= 15 is 0 Å². The van der Waals surface area contributed by atoms with E-state index in [2.05, 4.69) is 40.5 Å². The Hall–Kier alpha value is -2.66. The summed E-state index contributed by atoms with van der Waals surface area (Å²) in [5, 5.41) is 46.6. The molecule has 260 valence electrons. The summed E-state index contributed by atoms with van der Waals surface area (Å²) in [6.45, 7) is -0.199. The van der Waals surface area contributed by atoms with Crippen LogP contribution in [-0.2, 0) is 42.1 Å². The molecule has 0 aliphatic carbocycles. The minimum Gasteiger partial charge on any atom is -0.394 e. The zero-order valence-corrected chi connectivity index (χ0v) is 28.3. The van der Waals surface area contributed by atoms with Crippen LogP contribution in [0.3, 0.4) is 0 Å². The van der Waals surface area contributed by atoms with E-state index in [4.69, 9.17) is 42.1 Å². The quantitative estimate of drug-likeness (QED) is 0.0528. The molecule has 2 aliphatic rings. The number of anilines is 2. The largest absolute Gasteiger partial charge is 0.394 e. The van der Waals surface area contributed by atoms with E-state index in [1.165, 1.54) is 34.4 Å². The second-order valence-corrected chi connectivity index (χ2v) is 14.1. The van der Waals surface area contributed by atoms with Crippen molar-refractivity contribution in [1.82, 2.24) is 39.0 Å². The van der Waals surface area contributed by atoms with Crippen LogP contribution >= 0.6 is 14.3 Å². The van der Waals surface area contributed by atoms with Crippen molar-refractivity contribution in [2.45, 2.75) is 49.1 Å². The number of aromatic nitrogens is 8. The van der Waals surface area contributed by atoms with Crippen LogP contribution in [0.15, 0.2) is 37.5 Å². The first kappa shape index (κ1) is 35.2. The number of imidazole rings is 2. The molecule has 6 rings (SSSR count). The van der Waals surface area contributed by atoms with Crippen molar-refractivity contribution in [3.05, 3.63) is 37.5 Å². The van der Waals surface area contributed by atoms with Crippen LogP contribution in [0.2, 0.25) is 0 Å². The summed E-state index contributed by atoms with van der Waals surface area (Å²) in [7, 11) is -5.20. The minimum absolute atomic E-state index is 0.365. The minimum atomic E-state index is -2.60. The molecule has 2 saturated heterocycles. The van der Waals surface area contributed by atoms with Gasteiger partial charge in [-0.15, -0.1) is 0 Å². The smallest absolute Gasteiger partial charge is 0.173 e. The Morgan fingerprint density at radius 2 is 1.15 bits per heavy atom. The second kappa shape index (κ2) is 15.5. The molecular formula is C24H32N10O10P2S2. The van der Waals surface area contributed by atoms with E-state index in [9.17, 15) is 30.2 Å². The zero-order valence-electron chi connectivity index (χ0n) is 24.6. The fourth-order valence-corrected chi connectivity index (χ4v) is 7.13. The summed E-state index contributed by atoms with van der Waals surface area (Å²) >= 11 is 9.62. The Balaban J connectivity index is 1.09. The van der Waals surface area contributed by atoms with Crippen molar-refractivity contribution in [2.75, 3.05) is 36.9 Å². The molecule has 4 aromatic heterocycles. The lowest BCUT2D eigenvalue weighted by molar-refractivity contribution is -0.0483. The summed E-state index contributed by atoms with van der Waals surface area (Å²) in [5.41, 5.74) is 1.58. The van der Waals surface area contributed by atoms with E-state index in [0.717, 1.165) is 0 Å². The van der Waals surface area contributed by atoms with Crippen molar-refractivity contribution in [3.63, 3.8) is 0 Å². The van der Waals surface area contributed by atoms with E-state index in [-0.39, 0.29) is 0 Å². The van der Waals surface area contributed by atoms with Gasteiger partial charge in [-0.1, -0.05) is 12.2 Å². The molecule has 8 N–H and O–H groups in total. The standard InChI is InChI=1S/C24H32N10O10P2S2/c35-5-11-15(37)17(43-45(39)47)23(41-11)33-9-31-13-19(27-7-29-21(13)33)25-3-1-2-4-26-20-14-22(30-8-28-20)34(10-32-14)24-18(44-46(40)48)16(38)12(6-36)42-24/h1-2,7-12,15-18,23-24,35-38,45-46H,3-6H2,(H,39,47)(H,40,48)(H,25,27,29)(H,26,28,30)/b2-1+/t11?,12?,15-,16-,17-,18-,23-,24-/m1/s1. The number of fused-ring (bicyclic) bond motifs is 2. The molecule has 10 atom stereocenters. The fourth-order valence-electron chi connectivity index (χ4n) is 5.49. The van der Waals surface area contributed by atoms with Crippen molar-refractivity contribution in [2.24, 2.45) is 0 Å². The molecule has 20 nitrogen and oxygen atoms in total.